The Hall–Kier alpha value is -2.50. The van der Waals surface area contributed by atoms with E-state index in [1.807, 2.05) is 0 Å². The molecule has 2 aliphatic rings. The van der Waals surface area contributed by atoms with Crippen molar-refractivity contribution in [1.82, 2.24) is 19.5 Å². The minimum absolute atomic E-state index is 0.154. The van der Waals surface area contributed by atoms with E-state index in [1.54, 1.807) is 18.2 Å². The number of halogens is 1. The normalized spacial score (nSPS) is 17.2. The van der Waals surface area contributed by atoms with E-state index in [4.69, 9.17) is 9.72 Å². The van der Waals surface area contributed by atoms with Gasteiger partial charge < -0.3 is 9.30 Å². The molecule has 0 saturated heterocycles. The highest BCUT2D eigenvalue weighted by molar-refractivity contribution is 5.77. The van der Waals surface area contributed by atoms with Crippen LogP contribution in [0.15, 0.2) is 30.6 Å². The van der Waals surface area contributed by atoms with Gasteiger partial charge in [0, 0.05) is 12.5 Å². The lowest BCUT2D eigenvalue weighted by Crippen LogP contribution is -2.16. The van der Waals surface area contributed by atoms with Gasteiger partial charge in [-0.05, 0) is 49.7 Å². The minimum Gasteiger partial charge on any atom is -0.434 e. The van der Waals surface area contributed by atoms with Crippen molar-refractivity contribution in [2.24, 2.45) is 11.8 Å². The number of nitrogens with zero attached hydrogens (tertiary/aromatic N) is 4. The lowest BCUT2D eigenvalue weighted by molar-refractivity contribution is 0.391. The van der Waals surface area contributed by atoms with Crippen LogP contribution in [0, 0.1) is 17.7 Å². The average Bonchev–Trinajstić information content (AvgIpc) is 3.56. The molecular weight excluding hydrogens is 331 g/mol. The number of aromatic nitrogens is 4. The molecule has 134 valence electrons. The molecule has 2 aliphatic carbocycles. The lowest BCUT2D eigenvalue weighted by atomic mass is 10.1. The molecule has 26 heavy (non-hydrogen) atoms. The zero-order valence-electron chi connectivity index (χ0n) is 14.7. The summed E-state index contributed by atoms with van der Waals surface area (Å²) < 4.78 is 22.1. The van der Waals surface area contributed by atoms with Crippen molar-refractivity contribution in [1.29, 1.82) is 0 Å². The summed E-state index contributed by atoms with van der Waals surface area (Å²) in [7, 11) is 0. The van der Waals surface area contributed by atoms with Crippen molar-refractivity contribution in [3.63, 3.8) is 0 Å². The van der Waals surface area contributed by atoms with Crippen LogP contribution in [-0.4, -0.2) is 19.5 Å². The Kier molecular flexibility index (Phi) is 3.65. The Balaban J connectivity index is 1.62. The molecule has 2 heterocycles. The summed E-state index contributed by atoms with van der Waals surface area (Å²) in [6.07, 6.45) is 7.46. The number of hydrogen-bond donors (Lipinski definition) is 0. The van der Waals surface area contributed by atoms with E-state index < -0.39 is 5.82 Å². The van der Waals surface area contributed by atoms with Crippen molar-refractivity contribution in [2.45, 2.75) is 45.1 Å². The van der Waals surface area contributed by atoms with Gasteiger partial charge in [0.2, 0.25) is 0 Å². The summed E-state index contributed by atoms with van der Waals surface area (Å²) in [5, 5.41) is 0. The van der Waals surface area contributed by atoms with Gasteiger partial charge in [-0.2, -0.15) is 4.98 Å². The fourth-order valence-corrected chi connectivity index (χ4v) is 3.88. The number of fused-ring (bicyclic) bond motifs is 1. The molecule has 3 aromatic rings. The van der Waals surface area contributed by atoms with Crippen LogP contribution < -0.4 is 4.74 Å². The lowest BCUT2D eigenvalue weighted by Gasteiger charge is -2.20. The van der Waals surface area contributed by atoms with Gasteiger partial charge in [0.1, 0.15) is 12.2 Å². The second-order valence-corrected chi connectivity index (χ2v) is 7.30. The maximum absolute atomic E-state index is 14.0. The highest BCUT2D eigenvalue weighted by Gasteiger charge is 2.44. The topological polar surface area (TPSA) is 52.8 Å². The average molecular weight is 352 g/mol. The first-order valence-electron chi connectivity index (χ1n) is 9.40. The first-order chi connectivity index (χ1) is 12.8. The summed E-state index contributed by atoms with van der Waals surface area (Å²) in [5.41, 5.74) is 1.44. The highest BCUT2D eigenvalue weighted by atomic mass is 19.1. The summed E-state index contributed by atoms with van der Waals surface area (Å²) in [5.74, 6) is 2.54. The third kappa shape index (κ3) is 2.64. The molecule has 0 spiro atoms. The molecule has 6 heteroatoms. The molecule has 5 rings (SSSR count). The summed E-state index contributed by atoms with van der Waals surface area (Å²) in [4.78, 5) is 13.6. The van der Waals surface area contributed by atoms with E-state index >= 15 is 0 Å². The predicted molar refractivity (Wildman–Crippen MR) is 95.7 cm³/mol. The maximum Gasteiger partial charge on any atom is 0.251 e. The first kappa shape index (κ1) is 15.7. The van der Waals surface area contributed by atoms with Crippen LogP contribution in [-0.2, 0) is 6.42 Å². The number of para-hydroxylation sites is 1. The molecule has 0 aliphatic heterocycles. The molecule has 0 amide bonds. The SMILES string of the molecule is CCc1nc2c(Oc3ccccc3F)ncnc2n1C(C1CC1)C1CC1. The molecular formula is C20H21FN4O. The van der Waals surface area contributed by atoms with Crippen LogP contribution >= 0.6 is 0 Å². The van der Waals surface area contributed by atoms with Crippen molar-refractivity contribution < 1.29 is 9.13 Å². The van der Waals surface area contributed by atoms with Gasteiger partial charge in [0.05, 0.1) is 0 Å². The molecule has 0 N–H and O–H groups in total. The van der Waals surface area contributed by atoms with Gasteiger partial charge in [-0.25, -0.2) is 14.4 Å². The van der Waals surface area contributed by atoms with E-state index in [9.17, 15) is 4.39 Å². The standard InChI is InChI=1S/C20H21FN4O/c1-2-16-24-17-19(25(16)18(12-7-8-12)13-9-10-13)22-11-23-20(17)26-15-6-4-3-5-14(15)21/h3-6,11-13,18H,2,7-10H2,1H3. The Morgan fingerprint density at radius 2 is 1.88 bits per heavy atom. The molecule has 2 fully saturated rings. The Bertz CT molecular complexity index is 950. The van der Waals surface area contributed by atoms with Crippen LogP contribution in [0.1, 0.15) is 44.5 Å². The Morgan fingerprint density at radius 1 is 1.15 bits per heavy atom. The molecule has 0 radical (unpaired) electrons. The summed E-state index contributed by atoms with van der Waals surface area (Å²) >= 11 is 0. The van der Waals surface area contributed by atoms with Crippen LogP contribution in [0.2, 0.25) is 0 Å². The number of aryl methyl sites for hydroxylation is 1. The van der Waals surface area contributed by atoms with Gasteiger partial charge in [-0.1, -0.05) is 19.1 Å². The van der Waals surface area contributed by atoms with Crippen LogP contribution in [0.25, 0.3) is 11.2 Å². The van der Waals surface area contributed by atoms with Crippen LogP contribution in [0.3, 0.4) is 0 Å². The van der Waals surface area contributed by atoms with Gasteiger partial charge in [0.25, 0.3) is 5.88 Å². The minimum atomic E-state index is -0.414. The fraction of sp³-hybridized carbons (Fsp3) is 0.450. The van der Waals surface area contributed by atoms with E-state index in [-0.39, 0.29) is 5.75 Å². The molecule has 2 saturated carbocycles. The van der Waals surface area contributed by atoms with Crippen LogP contribution in [0.5, 0.6) is 11.6 Å². The van der Waals surface area contributed by atoms with Crippen LogP contribution in [0.4, 0.5) is 4.39 Å². The maximum atomic E-state index is 14.0. The van der Waals surface area contributed by atoms with E-state index in [0.717, 1.165) is 29.7 Å². The predicted octanol–water partition coefficient (Wildman–Crippen LogP) is 4.68. The van der Waals surface area contributed by atoms with Gasteiger partial charge in [0.15, 0.2) is 22.7 Å². The molecule has 0 atom stereocenters. The quantitative estimate of drug-likeness (QED) is 0.646. The summed E-state index contributed by atoms with van der Waals surface area (Å²) in [6, 6.07) is 6.82. The molecule has 5 nitrogen and oxygen atoms in total. The number of hydrogen-bond acceptors (Lipinski definition) is 4. The van der Waals surface area contributed by atoms with Crippen molar-refractivity contribution >= 4 is 11.2 Å². The van der Waals surface area contributed by atoms with E-state index in [0.29, 0.717) is 17.4 Å². The van der Waals surface area contributed by atoms with Crippen molar-refractivity contribution in [2.75, 3.05) is 0 Å². The number of ether oxygens (including phenoxy) is 1. The van der Waals surface area contributed by atoms with E-state index in [2.05, 4.69) is 21.5 Å². The number of imidazole rings is 1. The van der Waals surface area contributed by atoms with Gasteiger partial charge in [-0.15, -0.1) is 0 Å². The summed E-state index contributed by atoms with van der Waals surface area (Å²) in [6.45, 7) is 2.11. The second-order valence-electron chi connectivity index (χ2n) is 7.30. The Morgan fingerprint density at radius 3 is 2.54 bits per heavy atom. The number of benzene rings is 1. The first-order valence-corrected chi connectivity index (χ1v) is 9.40. The van der Waals surface area contributed by atoms with Crippen molar-refractivity contribution in [3.8, 4) is 11.6 Å². The molecule has 0 bridgehead atoms. The molecule has 2 aromatic heterocycles. The third-order valence-electron chi connectivity index (χ3n) is 5.38. The van der Waals surface area contributed by atoms with E-state index in [1.165, 1.54) is 38.1 Å². The second kappa shape index (κ2) is 6.04. The van der Waals surface area contributed by atoms with Gasteiger partial charge in [-0.3, -0.25) is 0 Å². The zero-order valence-corrected chi connectivity index (χ0v) is 14.7. The zero-order chi connectivity index (χ0) is 17.7. The smallest absolute Gasteiger partial charge is 0.251 e. The monoisotopic (exact) mass is 352 g/mol. The third-order valence-corrected chi connectivity index (χ3v) is 5.38. The molecule has 0 unspecified atom stereocenters. The Labute approximate surface area is 151 Å². The highest BCUT2D eigenvalue weighted by Crippen LogP contribution is 2.53. The van der Waals surface area contributed by atoms with Gasteiger partial charge >= 0.3 is 0 Å². The largest absolute Gasteiger partial charge is 0.434 e. The fourth-order valence-electron chi connectivity index (χ4n) is 3.88. The number of rotatable bonds is 6. The molecule has 1 aromatic carbocycles. The van der Waals surface area contributed by atoms with Crippen molar-refractivity contribution in [3.05, 3.63) is 42.2 Å².